The summed E-state index contributed by atoms with van der Waals surface area (Å²) in [6, 6.07) is 0.148. The van der Waals surface area contributed by atoms with E-state index in [1.54, 1.807) is 0 Å². The van der Waals surface area contributed by atoms with Crippen LogP contribution in [0, 0.1) is 5.92 Å². The van der Waals surface area contributed by atoms with Gasteiger partial charge in [0.15, 0.2) is 0 Å². The maximum Gasteiger partial charge on any atom is 0.222 e. The number of likely N-dealkylation sites (N-methyl/N-ethyl adjacent to an activating group) is 1. The first kappa shape index (κ1) is 13.8. The van der Waals surface area contributed by atoms with Gasteiger partial charge >= 0.3 is 0 Å². The van der Waals surface area contributed by atoms with Crippen molar-refractivity contribution in [1.82, 2.24) is 14.7 Å². The predicted octanol–water partition coefficient (Wildman–Crippen LogP) is -0.570. The van der Waals surface area contributed by atoms with Gasteiger partial charge in [-0.3, -0.25) is 9.69 Å². The third-order valence-corrected chi connectivity index (χ3v) is 4.29. The number of piperidine rings is 1. The van der Waals surface area contributed by atoms with E-state index in [0.29, 0.717) is 12.3 Å². The Balaban J connectivity index is 1.74. The molecule has 0 saturated carbocycles. The summed E-state index contributed by atoms with van der Waals surface area (Å²) in [5.41, 5.74) is 6.04. The molecule has 104 valence electrons. The second kappa shape index (κ2) is 5.99. The van der Waals surface area contributed by atoms with Crippen LogP contribution >= 0.6 is 0 Å². The molecule has 2 fully saturated rings. The smallest absolute Gasteiger partial charge is 0.222 e. The molecule has 2 unspecified atom stereocenters. The van der Waals surface area contributed by atoms with E-state index in [0.717, 1.165) is 45.8 Å². The highest BCUT2D eigenvalue weighted by molar-refractivity contribution is 5.77. The number of likely N-dealkylation sites (tertiary alicyclic amines) is 1. The highest BCUT2D eigenvalue weighted by atomic mass is 16.2. The summed E-state index contributed by atoms with van der Waals surface area (Å²) >= 11 is 0. The standard InChI is InChI=1S/C13H26N4O/c1-11-9-13(18)17(10-12(11)14)8-7-16-5-3-15(2)4-6-16/h11-12H,3-10,14H2,1-2H3. The van der Waals surface area contributed by atoms with Gasteiger partial charge in [-0.05, 0) is 13.0 Å². The molecule has 2 heterocycles. The number of nitrogens with zero attached hydrogens (tertiary/aromatic N) is 3. The Labute approximate surface area is 110 Å². The Hall–Kier alpha value is -0.650. The van der Waals surface area contributed by atoms with Gasteiger partial charge < -0.3 is 15.5 Å². The topological polar surface area (TPSA) is 52.8 Å². The molecule has 1 amide bonds. The fourth-order valence-corrected chi connectivity index (χ4v) is 2.64. The first-order valence-electron chi connectivity index (χ1n) is 7.00. The van der Waals surface area contributed by atoms with Gasteiger partial charge in [-0.2, -0.15) is 0 Å². The van der Waals surface area contributed by atoms with E-state index in [4.69, 9.17) is 5.73 Å². The predicted molar refractivity (Wildman–Crippen MR) is 72.3 cm³/mol. The van der Waals surface area contributed by atoms with E-state index in [1.165, 1.54) is 0 Å². The van der Waals surface area contributed by atoms with Crippen LogP contribution in [-0.4, -0.2) is 79.5 Å². The third kappa shape index (κ3) is 3.43. The van der Waals surface area contributed by atoms with Crippen molar-refractivity contribution >= 4 is 5.91 Å². The molecule has 2 N–H and O–H groups in total. The minimum Gasteiger partial charge on any atom is -0.340 e. The number of carbonyl (C=O) groups is 1. The number of hydrogen-bond donors (Lipinski definition) is 1. The summed E-state index contributed by atoms with van der Waals surface area (Å²) in [5, 5.41) is 0. The van der Waals surface area contributed by atoms with E-state index >= 15 is 0 Å². The van der Waals surface area contributed by atoms with Crippen molar-refractivity contribution in [2.75, 3.05) is 52.9 Å². The number of nitrogens with two attached hydrogens (primary N) is 1. The van der Waals surface area contributed by atoms with Gasteiger partial charge in [0, 0.05) is 58.3 Å². The van der Waals surface area contributed by atoms with Gasteiger partial charge in [0.1, 0.15) is 0 Å². The minimum atomic E-state index is 0.148. The Morgan fingerprint density at radius 2 is 1.89 bits per heavy atom. The Bertz CT molecular complexity index is 289. The molecule has 0 bridgehead atoms. The zero-order chi connectivity index (χ0) is 13.1. The lowest BCUT2D eigenvalue weighted by Gasteiger charge is -2.37. The van der Waals surface area contributed by atoms with Crippen LogP contribution in [0.3, 0.4) is 0 Å². The fourth-order valence-electron chi connectivity index (χ4n) is 2.64. The Morgan fingerprint density at radius 3 is 2.56 bits per heavy atom. The molecule has 0 aromatic rings. The molecule has 2 atom stereocenters. The molecule has 0 spiro atoms. The molecule has 0 aromatic heterocycles. The largest absolute Gasteiger partial charge is 0.340 e. The summed E-state index contributed by atoms with van der Waals surface area (Å²) in [4.78, 5) is 18.7. The van der Waals surface area contributed by atoms with E-state index in [9.17, 15) is 4.79 Å². The normalized spacial score (nSPS) is 31.9. The van der Waals surface area contributed by atoms with Crippen molar-refractivity contribution < 1.29 is 4.79 Å². The van der Waals surface area contributed by atoms with Crippen LogP contribution < -0.4 is 5.73 Å². The van der Waals surface area contributed by atoms with Crippen LogP contribution in [-0.2, 0) is 4.79 Å². The van der Waals surface area contributed by atoms with Crippen molar-refractivity contribution in [1.29, 1.82) is 0 Å². The summed E-state index contributed by atoms with van der Waals surface area (Å²) in [7, 11) is 2.16. The van der Waals surface area contributed by atoms with Crippen LogP contribution in [0.15, 0.2) is 0 Å². The van der Waals surface area contributed by atoms with Gasteiger partial charge in [-0.15, -0.1) is 0 Å². The number of hydrogen-bond acceptors (Lipinski definition) is 4. The van der Waals surface area contributed by atoms with E-state index in [1.807, 2.05) is 4.90 Å². The molecule has 2 aliphatic rings. The van der Waals surface area contributed by atoms with Crippen molar-refractivity contribution in [2.45, 2.75) is 19.4 Å². The highest BCUT2D eigenvalue weighted by Crippen LogP contribution is 2.16. The molecule has 2 rings (SSSR count). The van der Waals surface area contributed by atoms with Crippen LogP contribution in [0.25, 0.3) is 0 Å². The Kier molecular flexibility index (Phi) is 4.59. The second-order valence-electron chi connectivity index (χ2n) is 5.83. The van der Waals surface area contributed by atoms with Gasteiger partial charge in [0.05, 0.1) is 0 Å². The summed E-state index contributed by atoms with van der Waals surface area (Å²) in [6.45, 7) is 9.11. The maximum atomic E-state index is 11.9. The fraction of sp³-hybridized carbons (Fsp3) is 0.923. The molecule has 0 aliphatic carbocycles. The van der Waals surface area contributed by atoms with Crippen molar-refractivity contribution in [3.05, 3.63) is 0 Å². The maximum absolute atomic E-state index is 11.9. The summed E-state index contributed by atoms with van der Waals surface area (Å²) in [6.07, 6.45) is 0.615. The second-order valence-corrected chi connectivity index (χ2v) is 5.83. The number of rotatable bonds is 3. The Morgan fingerprint density at radius 1 is 1.22 bits per heavy atom. The molecule has 0 radical (unpaired) electrons. The van der Waals surface area contributed by atoms with Crippen LogP contribution in [0.1, 0.15) is 13.3 Å². The zero-order valence-electron chi connectivity index (χ0n) is 11.6. The van der Waals surface area contributed by atoms with E-state index in [-0.39, 0.29) is 11.9 Å². The zero-order valence-corrected chi connectivity index (χ0v) is 11.6. The van der Waals surface area contributed by atoms with Gasteiger partial charge in [0.25, 0.3) is 0 Å². The van der Waals surface area contributed by atoms with Crippen molar-refractivity contribution in [2.24, 2.45) is 11.7 Å². The number of piperazine rings is 1. The average Bonchev–Trinajstić information content (AvgIpc) is 2.34. The lowest BCUT2D eigenvalue weighted by Crippen LogP contribution is -2.53. The van der Waals surface area contributed by atoms with E-state index in [2.05, 4.69) is 23.8 Å². The molecule has 0 aromatic carbocycles. The first-order valence-corrected chi connectivity index (χ1v) is 7.00. The van der Waals surface area contributed by atoms with Crippen LogP contribution in [0.2, 0.25) is 0 Å². The lowest BCUT2D eigenvalue weighted by atomic mass is 9.94. The van der Waals surface area contributed by atoms with Crippen LogP contribution in [0.5, 0.6) is 0 Å². The SMILES string of the molecule is CC1CC(=O)N(CCN2CCN(C)CC2)CC1N. The van der Waals surface area contributed by atoms with Gasteiger partial charge in [-0.25, -0.2) is 0 Å². The third-order valence-electron chi connectivity index (χ3n) is 4.29. The monoisotopic (exact) mass is 254 g/mol. The van der Waals surface area contributed by atoms with Crippen molar-refractivity contribution in [3.8, 4) is 0 Å². The molecular formula is C13H26N4O. The van der Waals surface area contributed by atoms with Gasteiger partial charge in [-0.1, -0.05) is 6.92 Å². The number of carbonyl (C=O) groups excluding carboxylic acids is 1. The van der Waals surface area contributed by atoms with Crippen molar-refractivity contribution in [3.63, 3.8) is 0 Å². The molecule has 2 saturated heterocycles. The lowest BCUT2D eigenvalue weighted by molar-refractivity contribution is -0.135. The number of amides is 1. The molecule has 5 nitrogen and oxygen atoms in total. The summed E-state index contributed by atoms with van der Waals surface area (Å²) in [5.74, 6) is 0.607. The minimum absolute atomic E-state index is 0.148. The van der Waals surface area contributed by atoms with E-state index < -0.39 is 0 Å². The molecule has 2 aliphatic heterocycles. The molecule has 5 heteroatoms. The quantitative estimate of drug-likeness (QED) is 0.733. The molecule has 18 heavy (non-hydrogen) atoms. The first-order chi connectivity index (χ1) is 8.56. The van der Waals surface area contributed by atoms with Crippen LogP contribution in [0.4, 0.5) is 0 Å². The highest BCUT2D eigenvalue weighted by Gasteiger charge is 2.29. The van der Waals surface area contributed by atoms with Gasteiger partial charge in [0.2, 0.25) is 5.91 Å². The summed E-state index contributed by atoms with van der Waals surface area (Å²) < 4.78 is 0. The average molecular weight is 254 g/mol. The molecular weight excluding hydrogens is 228 g/mol.